The molecular formula is C13H17NO2. The topological polar surface area (TPSA) is 29.5 Å². The third-order valence-electron chi connectivity index (χ3n) is 2.86. The second-order valence-electron chi connectivity index (χ2n) is 4.08. The van der Waals surface area contributed by atoms with Crippen LogP contribution in [-0.4, -0.2) is 25.7 Å². The van der Waals surface area contributed by atoms with E-state index in [-0.39, 0.29) is 5.91 Å². The van der Waals surface area contributed by atoms with E-state index in [0.29, 0.717) is 12.3 Å². The van der Waals surface area contributed by atoms with Gasteiger partial charge in [0, 0.05) is 24.6 Å². The summed E-state index contributed by atoms with van der Waals surface area (Å²) in [5.74, 6) is 0.618. The van der Waals surface area contributed by atoms with Gasteiger partial charge in [0.25, 0.3) is 0 Å². The number of benzene rings is 1. The van der Waals surface area contributed by atoms with Crippen LogP contribution in [0.2, 0.25) is 0 Å². The Hall–Kier alpha value is -1.35. The molecular weight excluding hydrogens is 202 g/mol. The van der Waals surface area contributed by atoms with Crippen LogP contribution in [0.15, 0.2) is 30.3 Å². The lowest BCUT2D eigenvalue weighted by Crippen LogP contribution is -2.37. The van der Waals surface area contributed by atoms with Crippen LogP contribution in [0.3, 0.4) is 0 Å². The zero-order valence-corrected chi connectivity index (χ0v) is 9.56. The van der Waals surface area contributed by atoms with Crippen LogP contribution >= 0.6 is 0 Å². The molecule has 0 bridgehead atoms. The molecule has 0 atom stereocenters. The van der Waals surface area contributed by atoms with Crippen molar-refractivity contribution in [2.45, 2.75) is 13.3 Å². The Morgan fingerprint density at radius 1 is 1.38 bits per heavy atom. The van der Waals surface area contributed by atoms with Gasteiger partial charge in [0.2, 0.25) is 5.91 Å². The molecule has 1 amide bonds. The highest BCUT2D eigenvalue weighted by atomic mass is 16.5. The Labute approximate surface area is 96.0 Å². The molecule has 3 nitrogen and oxygen atoms in total. The highest BCUT2D eigenvalue weighted by molar-refractivity contribution is 5.93. The number of ether oxygens (including phenoxy) is 1. The van der Waals surface area contributed by atoms with E-state index in [1.54, 1.807) is 0 Å². The number of nitrogens with zero attached hydrogens (tertiary/aromatic N) is 1. The van der Waals surface area contributed by atoms with E-state index in [2.05, 4.69) is 0 Å². The molecule has 0 unspecified atom stereocenters. The fourth-order valence-corrected chi connectivity index (χ4v) is 1.87. The minimum atomic E-state index is 0.196. The van der Waals surface area contributed by atoms with Gasteiger partial charge >= 0.3 is 0 Å². The Morgan fingerprint density at radius 2 is 2.06 bits per heavy atom. The van der Waals surface area contributed by atoms with Gasteiger partial charge in [0.05, 0.1) is 13.2 Å². The summed E-state index contributed by atoms with van der Waals surface area (Å²) in [5.41, 5.74) is 0.982. The van der Waals surface area contributed by atoms with Crippen molar-refractivity contribution < 1.29 is 9.53 Å². The maximum atomic E-state index is 12.0. The molecule has 0 saturated carbocycles. The van der Waals surface area contributed by atoms with Crippen molar-refractivity contribution in [3.05, 3.63) is 30.3 Å². The van der Waals surface area contributed by atoms with Crippen LogP contribution in [0.25, 0.3) is 0 Å². The zero-order chi connectivity index (χ0) is 11.4. The summed E-state index contributed by atoms with van der Waals surface area (Å²) in [5, 5.41) is 0. The lowest BCUT2D eigenvalue weighted by Gasteiger charge is -2.28. The highest BCUT2D eigenvalue weighted by Crippen LogP contribution is 2.19. The number of carbonyl (C=O) groups excluding carboxylic acids is 1. The van der Waals surface area contributed by atoms with Gasteiger partial charge in [-0.2, -0.15) is 0 Å². The summed E-state index contributed by atoms with van der Waals surface area (Å²) in [7, 11) is 0. The maximum Gasteiger partial charge on any atom is 0.227 e. The molecule has 86 valence electrons. The fraction of sp³-hybridized carbons (Fsp3) is 0.462. The van der Waals surface area contributed by atoms with Crippen molar-refractivity contribution in [1.82, 2.24) is 0 Å². The van der Waals surface area contributed by atoms with Gasteiger partial charge < -0.3 is 9.64 Å². The molecule has 0 spiro atoms. The summed E-state index contributed by atoms with van der Waals surface area (Å²) in [6.07, 6.45) is 0.600. The summed E-state index contributed by atoms with van der Waals surface area (Å²) in [4.78, 5) is 13.9. The third-order valence-corrected chi connectivity index (χ3v) is 2.86. The molecule has 0 aliphatic carbocycles. The van der Waals surface area contributed by atoms with E-state index < -0.39 is 0 Å². The Balaban J connectivity index is 2.01. The van der Waals surface area contributed by atoms with E-state index in [0.717, 1.165) is 25.4 Å². The molecule has 0 radical (unpaired) electrons. The monoisotopic (exact) mass is 219 g/mol. The van der Waals surface area contributed by atoms with Crippen LogP contribution in [0.5, 0.6) is 0 Å². The number of carbonyl (C=O) groups is 1. The van der Waals surface area contributed by atoms with E-state index in [4.69, 9.17) is 4.74 Å². The molecule has 16 heavy (non-hydrogen) atoms. The standard InChI is InChI=1S/C13H17NO2/c1-2-14(12-6-4-3-5-7-12)13(15)8-11-9-16-10-11/h3-7,11H,2,8-10H2,1H3. The first-order valence-corrected chi connectivity index (χ1v) is 5.74. The highest BCUT2D eigenvalue weighted by Gasteiger charge is 2.24. The van der Waals surface area contributed by atoms with E-state index >= 15 is 0 Å². The minimum absolute atomic E-state index is 0.196. The van der Waals surface area contributed by atoms with Gasteiger partial charge in [-0.15, -0.1) is 0 Å². The second-order valence-corrected chi connectivity index (χ2v) is 4.08. The summed E-state index contributed by atoms with van der Waals surface area (Å²) in [6, 6.07) is 9.81. The first-order valence-electron chi connectivity index (χ1n) is 5.74. The molecule has 1 aliphatic rings. The number of hydrogen-bond acceptors (Lipinski definition) is 2. The summed E-state index contributed by atoms with van der Waals surface area (Å²) >= 11 is 0. The third kappa shape index (κ3) is 2.42. The fourth-order valence-electron chi connectivity index (χ4n) is 1.87. The second kappa shape index (κ2) is 5.12. The van der Waals surface area contributed by atoms with Crippen LogP contribution in [-0.2, 0) is 9.53 Å². The van der Waals surface area contributed by atoms with E-state index in [9.17, 15) is 4.79 Å². The molecule has 1 saturated heterocycles. The van der Waals surface area contributed by atoms with Crippen LogP contribution in [0.4, 0.5) is 5.69 Å². The maximum absolute atomic E-state index is 12.0. The first-order chi connectivity index (χ1) is 7.81. The van der Waals surface area contributed by atoms with Crippen molar-refractivity contribution in [3.63, 3.8) is 0 Å². The predicted octanol–water partition coefficient (Wildman–Crippen LogP) is 2.08. The van der Waals surface area contributed by atoms with Crippen molar-refractivity contribution in [1.29, 1.82) is 0 Å². The predicted molar refractivity (Wildman–Crippen MR) is 63.4 cm³/mol. The molecule has 2 rings (SSSR count). The Kier molecular flexibility index (Phi) is 3.57. The number of hydrogen-bond donors (Lipinski definition) is 0. The number of para-hydroxylation sites is 1. The van der Waals surface area contributed by atoms with Crippen molar-refractivity contribution in [3.8, 4) is 0 Å². The van der Waals surface area contributed by atoms with Gasteiger partial charge in [0.15, 0.2) is 0 Å². The minimum Gasteiger partial charge on any atom is -0.381 e. The summed E-state index contributed by atoms with van der Waals surface area (Å²) in [6.45, 7) is 4.19. The smallest absolute Gasteiger partial charge is 0.227 e. The number of amides is 1. The zero-order valence-electron chi connectivity index (χ0n) is 9.56. The number of rotatable bonds is 4. The van der Waals surface area contributed by atoms with Gasteiger partial charge in [-0.25, -0.2) is 0 Å². The average Bonchev–Trinajstić information content (AvgIpc) is 2.26. The lowest BCUT2D eigenvalue weighted by atomic mass is 10.0. The molecule has 1 aromatic rings. The van der Waals surface area contributed by atoms with Gasteiger partial charge in [-0.1, -0.05) is 18.2 Å². The first kappa shape index (κ1) is 11.1. The molecule has 1 aliphatic heterocycles. The molecule has 3 heteroatoms. The number of anilines is 1. The Bertz CT molecular complexity index is 346. The average molecular weight is 219 g/mol. The van der Waals surface area contributed by atoms with Crippen molar-refractivity contribution >= 4 is 11.6 Å². The molecule has 1 heterocycles. The summed E-state index contributed by atoms with van der Waals surface area (Å²) < 4.78 is 5.08. The normalized spacial score (nSPS) is 15.6. The molecule has 0 N–H and O–H groups in total. The van der Waals surface area contributed by atoms with Gasteiger partial charge in [0.1, 0.15) is 0 Å². The van der Waals surface area contributed by atoms with Gasteiger partial charge in [-0.05, 0) is 19.1 Å². The largest absolute Gasteiger partial charge is 0.381 e. The van der Waals surface area contributed by atoms with Crippen LogP contribution < -0.4 is 4.90 Å². The Morgan fingerprint density at radius 3 is 2.56 bits per heavy atom. The SMILES string of the molecule is CCN(C(=O)CC1COC1)c1ccccc1. The van der Waals surface area contributed by atoms with Gasteiger partial charge in [-0.3, -0.25) is 4.79 Å². The quantitative estimate of drug-likeness (QED) is 0.776. The van der Waals surface area contributed by atoms with E-state index in [1.165, 1.54) is 0 Å². The molecule has 1 aromatic carbocycles. The van der Waals surface area contributed by atoms with Crippen molar-refractivity contribution in [2.24, 2.45) is 5.92 Å². The van der Waals surface area contributed by atoms with E-state index in [1.807, 2.05) is 42.2 Å². The van der Waals surface area contributed by atoms with Crippen molar-refractivity contribution in [2.75, 3.05) is 24.7 Å². The van der Waals surface area contributed by atoms with Crippen LogP contribution in [0.1, 0.15) is 13.3 Å². The molecule has 0 aromatic heterocycles. The molecule has 1 fully saturated rings. The lowest BCUT2D eigenvalue weighted by molar-refractivity contribution is -0.123. The van der Waals surface area contributed by atoms with Crippen LogP contribution in [0, 0.1) is 5.92 Å².